The molecule has 1 aliphatic heterocycles. The Bertz CT molecular complexity index is 473. The summed E-state index contributed by atoms with van der Waals surface area (Å²) in [4.78, 5) is 21.2. The van der Waals surface area contributed by atoms with Crippen molar-refractivity contribution < 1.29 is 0 Å². The van der Waals surface area contributed by atoms with Crippen molar-refractivity contribution in [2.45, 2.75) is 39.8 Å². The van der Waals surface area contributed by atoms with Gasteiger partial charge in [-0.05, 0) is 27.7 Å². The zero-order valence-electron chi connectivity index (χ0n) is 12.3. The van der Waals surface area contributed by atoms with Gasteiger partial charge in [0.2, 0.25) is 0 Å². The Kier molecular flexibility index (Phi) is 4.24. The van der Waals surface area contributed by atoms with Crippen LogP contribution in [0.4, 0.5) is 5.82 Å². The molecular formula is C14H24N4O. The summed E-state index contributed by atoms with van der Waals surface area (Å²) < 4.78 is 1.75. The van der Waals surface area contributed by atoms with Crippen LogP contribution in [0.5, 0.6) is 0 Å². The number of rotatable bonds is 3. The molecule has 19 heavy (non-hydrogen) atoms. The molecule has 1 saturated heterocycles. The summed E-state index contributed by atoms with van der Waals surface area (Å²) >= 11 is 0. The van der Waals surface area contributed by atoms with Crippen LogP contribution in [0.25, 0.3) is 0 Å². The highest BCUT2D eigenvalue weighted by molar-refractivity contribution is 5.36. The molecule has 2 heterocycles. The molecule has 5 heteroatoms. The second-order valence-electron chi connectivity index (χ2n) is 5.67. The lowest BCUT2D eigenvalue weighted by molar-refractivity contribution is 0.209. The Labute approximate surface area is 114 Å². The number of nitrogens with zero attached hydrogens (tertiary/aromatic N) is 4. The first-order valence-corrected chi connectivity index (χ1v) is 7.07. The minimum Gasteiger partial charge on any atom is -0.349 e. The van der Waals surface area contributed by atoms with Crippen molar-refractivity contribution in [1.82, 2.24) is 14.5 Å². The molecule has 1 fully saturated rings. The van der Waals surface area contributed by atoms with Crippen LogP contribution in [0.3, 0.4) is 0 Å². The molecule has 1 aromatic rings. The molecular weight excluding hydrogens is 240 g/mol. The average molecular weight is 264 g/mol. The Hall–Kier alpha value is -1.36. The van der Waals surface area contributed by atoms with E-state index in [4.69, 9.17) is 0 Å². The van der Waals surface area contributed by atoms with Crippen LogP contribution in [-0.4, -0.2) is 46.7 Å². The van der Waals surface area contributed by atoms with E-state index in [1.165, 1.54) is 0 Å². The fourth-order valence-electron chi connectivity index (χ4n) is 2.49. The van der Waals surface area contributed by atoms with Gasteiger partial charge in [0.05, 0.1) is 0 Å². The summed E-state index contributed by atoms with van der Waals surface area (Å²) in [5, 5.41) is 0. The maximum Gasteiger partial charge on any atom is 0.293 e. The maximum absolute atomic E-state index is 12.4. The molecule has 0 aliphatic carbocycles. The lowest BCUT2D eigenvalue weighted by Gasteiger charge is -2.37. The first kappa shape index (κ1) is 14.1. The summed E-state index contributed by atoms with van der Waals surface area (Å²) in [5.41, 5.74) is 0.0236. The van der Waals surface area contributed by atoms with Gasteiger partial charge in [-0.1, -0.05) is 0 Å². The quantitative estimate of drug-likeness (QED) is 0.826. The second kappa shape index (κ2) is 5.74. The highest BCUT2D eigenvalue weighted by Gasteiger charge is 2.22. The fourth-order valence-corrected chi connectivity index (χ4v) is 2.49. The molecule has 5 nitrogen and oxygen atoms in total. The van der Waals surface area contributed by atoms with Crippen LogP contribution in [0.2, 0.25) is 0 Å². The smallest absolute Gasteiger partial charge is 0.293 e. The number of anilines is 1. The molecule has 0 atom stereocenters. The van der Waals surface area contributed by atoms with E-state index in [2.05, 4.69) is 28.6 Å². The van der Waals surface area contributed by atoms with Gasteiger partial charge in [-0.3, -0.25) is 9.69 Å². The minimum atomic E-state index is 0.0236. The average Bonchev–Trinajstić information content (AvgIpc) is 2.38. The van der Waals surface area contributed by atoms with E-state index in [1.54, 1.807) is 17.0 Å². The highest BCUT2D eigenvalue weighted by Crippen LogP contribution is 2.11. The van der Waals surface area contributed by atoms with Gasteiger partial charge in [-0.15, -0.1) is 0 Å². The van der Waals surface area contributed by atoms with Crippen molar-refractivity contribution in [3.05, 3.63) is 22.7 Å². The van der Waals surface area contributed by atoms with Crippen molar-refractivity contribution in [3.8, 4) is 0 Å². The molecule has 106 valence electrons. The molecule has 0 N–H and O–H groups in total. The zero-order valence-corrected chi connectivity index (χ0v) is 12.3. The Morgan fingerprint density at radius 1 is 1.05 bits per heavy atom. The number of aromatic nitrogens is 2. The monoisotopic (exact) mass is 264 g/mol. The molecule has 0 bridgehead atoms. The van der Waals surface area contributed by atoms with Crippen LogP contribution < -0.4 is 10.5 Å². The number of hydrogen-bond acceptors (Lipinski definition) is 4. The van der Waals surface area contributed by atoms with E-state index < -0.39 is 0 Å². The molecule has 0 aromatic carbocycles. The van der Waals surface area contributed by atoms with E-state index in [0.29, 0.717) is 11.9 Å². The van der Waals surface area contributed by atoms with Crippen molar-refractivity contribution in [2.24, 2.45) is 0 Å². The van der Waals surface area contributed by atoms with Crippen LogP contribution in [0, 0.1) is 0 Å². The Morgan fingerprint density at radius 2 is 1.68 bits per heavy atom. The topological polar surface area (TPSA) is 41.4 Å². The van der Waals surface area contributed by atoms with Crippen molar-refractivity contribution >= 4 is 5.82 Å². The number of hydrogen-bond donors (Lipinski definition) is 0. The summed E-state index contributed by atoms with van der Waals surface area (Å²) in [7, 11) is 0. The summed E-state index contributed by atoms with van der Waals surface area (Å²) in [6.07, 6.45) is 3.49. The van der Waals surface area contributed by atoms with Gasteiger partial charge in [0.15, 0.2) is 5.82 Å². The molecule has 0 unspecified atom stereocenters. The third-order valence-electron chi connectivity index (χ3n) is 3.75. The first-order chi connectivity index (χ1) is 9.00. The van der Waals surface area contributed by atoms with E-state index in [9.17, 15) is 4.79 Å². The van der Waals surface area contributed by atoms with Crippen LogP contribution in [-0.2, 0) is 0 Å². The number of piperazine rings is 1. The SMILES string of the molecule is CC(C)N1CCN(c2nccn(C(C)C)c2=O)CC1. The lowest BCUT2D eigenvalue weighted by Crippen LogP contribution is -2.50. The molecule has 0 amide bonds. The van der Waals surface area contributed by atoms with Gasteiger partial charge in [-0.25, -0.2) is 4.98 Å². The summed E-state index contributed by atoms with van der Waals surface area (Å²) in [6.45, 7) is 12.2. The van der Waals surface area contributed by atoms with Crippen molar-refractivity contribution in [2.75, 3.05) is 31.1 Å². The zero-order chi connectivity index (χ0) is 14.0. The molecule has 1 aromatic heterocycles. The van der Waals surface area contributed by atoms with Gasteiger partial charge in [0, 0.05) is 50.7 Å². The third kappa shape index (κ3) is 2.97. The molecule has 2 rings (SSSR count). The lowest BCUT2D eigenvalue weighted by atomic mass is 10.2. The Balaban J connectivity index is 2.16. The second-order valence-corrected chi connectivity index (χ2v) is 5.67. The largest absolute Gasteiger partial charge is 0.349 e. The van der Waals surface area contributed by atoms with Gasteiger partial charge in [-0.2, -0.15) is 0 Å². The standard InChI is InChI=1S/C14H24N4O/c1-11(2)16-7-9-17(10-8-16)13-14(19)18(12(3)4)6-5-15-13/h5-6,11-12H,7-10H2,1-4H3. The normalized spacial score (nSPS) is 17.5. The van der Waals surface area contributed by atoms with Gasteiger partial charge in [0.25, 0.3) is 5.56 Å². The molecule has 0 saturated carbocycles. The van der Waals surface area contributed by atoms with Crippen molar-refractivity contribution in [3.63, 3.8) is 0 Å². The third-order valence-corrected chi connectivity index (χ3v) is 3.75. The van der Waals surface area contributed by atoms with Gasteiger partial charge in [0.1, 0.15) is 0 Å². The van der Waals surface area contributed by atoms with E-state index in [0.717, 1.165) is 26.2 Å². The summed E-state index contributed by atoms with van der Waals surface area (Å²) in [6, 6.07) is 0.740. The van der Waals surface area contributed by atoms with Crippen LogP contribution in [0.1, 0.15) is 33.7 Å². The van der Waals surface area contributed by atoms with E-state index >= 15 is 0 Å². The predicted octanol–water partition coefficient (Wildman–Crippen LogP) is 1.35. The molecule has 1 aliphatic rings. The van der Waals surface area contributed by atoms with E-state index in [1.807, 2.05) is 13.8 Å². The van der Waals surface area contributed by atoms with Gasteiger partial charge >= 0.3 is 0 Å². The summed E-state index contributed by atoms with van der Waals surface area (Å²) in [5.74, 6) is 0.597. The Morgan fingerprint density at radius 3 is 2.21 bits per heavy atom. The first-order valence-electron chi connectivity index (χ1n) is 7.07. The molecule has 0 spiro atoms. The molecule has 0 radical (unpaired) electrons. The van der Waals surface area contributed by atoms with E-state index in [-0.39, 0.29) is 11.6 Å². The highest BCUT2D eigenvalue weighted by atomic mass is 16.1. The minimum absolute atomic E-state index is 0.0236. The van der Waals surface area contributed by atoms with Crippen LogP contribution >= 0.6 is 0 Å². The fraction of sp³-hybridized carbons (Fsp3) is 0.714. The van der Waals surface area contributed by atoms with Crippen LogP contribution in [0.15, 0.2) is 17.2 Å². The van der Waals surface area contributed by atoms with Gasteiger partial charge < -0.3 is 9.47 Å². The predicted molar refractivity (Wildman–Crippen MR) is 77.8 cm³/mol. The van der Waals surface area contributed by atoms with Crippen molar-refractivity contribution in [1.29, 1.82) is 0 Å². The maximum atomic E-state index is 12.4.